The summed E-state index contributed by atoms with van der Waals surface area (Å²) in [5.74, 6) is 1.50. The van der Waals surface area contributed by atoms with E-state index in [1.54, 1.807) is 16.8 Å². The van der Waals surface area contributed by atoms with E-state index >= 15 is 0 Å². The Morgan fingerprint density at radius 1 is 1.16 bits per heavy atom. The minimum absolute atomic E-state index is 0.0685. The minimum atomic E-state index is -0.0685. The van der Waals surface area contributed by atoms with Crippen LogP contribution in [0.5, 0.6) is 5.75 Å². The number of nitrogens with one attached hydrogen (secondary N) is 1. The maximum absolute atomic E-state index is 12.8. The lowest BCUT2D eigenvalue weighted by molar-refractivity contribution is 0.163. The van der Waals surface area contributed by atoms with E-state index in [1.165, 1.54) is 0 Å². The van der Waals surface area contributed by atoms with Gasteiger partial charge >= 0.3 is 0 Å². The van der Waals surface area contributed by atoms with Crippen LogP contribution in [-0.2, 0) is 6.54 Å². The van der Waals surface area contributed by atoms with Gasteiger partial charge in [0.05, 0.1) is 29.0 Å². The van der Waals surface area contributed by atoms with E-state index in [0.29, 0.717) is 6.54 Å². The van der Waals surface area contributed by atoms with Gasteiger partial charge in [-0.3, -0.25) is 9.78 Å². The molecule has 1 fully saturated rings. The quantitative estimate of drug-likeness (QED) is 0.518. The molecule has 0 bridgehead atoms. The predicted molar refractivity (Wildman–Crippen MR) is 123 cm³/mol. The van der Waals surface area contributed by atoms with Gasteiger partial charge in [-0.2, -0.15) is 0 Å². The molecule has 1 aliphatic heterocycles. The molecule has 3 aromatic heterocycles. The topological polar surface area (TPSA) is 82.2 Å². The molecular formula is C25H26N4O3. The van der Waals surface area contributed by atoms with Crippen molar-refractivity contribution >= 4 is 10.9 Å². The summed E-state index contributed by atoms with van der Waals surface area (Å²) in [5.41, 5.74) is 4.29. The number of hydrogen-bond acceptors (Lipinski definition) is 6. The van der Waals surface area contributed by atoms with Gasteiger partial charge in [0, 0.05) is 23.9 Å². The lowest BCUT2D eigenvalue weighted by Crippen LogP contribution is -2.34. The molecule has 0 amide bonds. The van der Waals surface area contributed by atoms with Crippen LogP contribution in [0.3, 0.4) is 0 Å². The van der Waals surface area contributed by atoms with Crippen LogP contribution in [0.4, 0.5) is 0 Å². The molecule has 4 aromatic rings. The molecule has 32 heavy (non-hydrogen) atoms. The van der Waals surface area contributed by atoms with Crippen LogP contribution in [0.1, 0.15) is 30.0 Å². The first-order valence-corrected chi connectivity index (χ1v) is 11.0. The van der Waals surface area contributed by atoms with Gasteiger partial charge in [-0.05, 0) is 69.4 Å². The summed E-state index contributed by atoms with van der Waals surface area (Å²) in [6.45, 7) is 6.11. The van der Waals surface area contributed by atoms with Gasteiger partial charge in [-0.25, -0.2) is 0 Å². The van der Waals surface area contributed by atoms with E-state index in [1.807, 2.05) is 44.2 Å². The number of nitrogens with zero attached hydrogens (tertiary/aromatic N) is 3. The number of ether oxygens (including phenoxy) is 1. The summed E-state index contributed by atoms with van der Waals surface area (Å²) in [7, 11) is 0. The Morgan fingerprint density at radius 2 is 2.00 bits per heavy atom. The van der Waals surface area contributed by atoms with Crippen molar-refractivity contribution in [2.24, 2.45) is 0 Å². The molecular weight excluding hydrogens is 404 g/mol. The van der Waals surface area contributed by atoms with Gasteiger partial charge in [0.2, 0.25) is 0 Å². The molecule has 1 N–H and O–H groups in total. The number of rotatable bonds is 5. The van der Waals surface area contributed by atoms with Crippen LogP contribution in [0.2, 0.25) is 0 Å². The highest BCUT2D eigenvalue weighted by atomic mass is 16.5. The third-order valence-corrected chi connectivity index (χ3v) is 6.02. The zero-order valence-electron chi connectivity index (χ0n) is 18.3. The number of benzene rings is 1. The van der Waals surface area contributed by atoms with Crippen LogP contribution in [0.15, 0.2) is 58.0 Å². The SMILES string of the molecule is Cc1noc(C)c1-c1cc2ccc(=O)n(Cc3ccccn3)c2cc1OC1CCNCC1. The Labute approximate surface area is 186 Å². The average molecular weight is 431 g/mol. The van der Waals surface area contributed by atoms with E-state index in [4.69, 9.17) is 9.26 Å². The summed E-state index contributed by atoms with van der Waals surface area (Å²) in [6, 6.07) is 13.3. The smallest absolute Gasteiger partial charge is 0.251 e. The molecule has 0 unspecified atom stereocenters. The van der Waals surface area contributed by atoms with Crippen LogP contribution >= 0.6 is 0 Å². The first-order chi connectivity index (χ1) is 15.6. The zero-order chi connectivity index (χ0) is 22.1. The number of aromatic nitrogens is 3. The lowest BCUT2D eigenvalue weighted by Gasteiger charge is -2.25. The molecule has 7 heteroatoms. The summed E-state index contributed by atoms with van der Waals surface area (Å²) in [5, 5.41) is 8.47. The monoisotopic (exact) mass is 430 g/mol. The number of piperidine rings is 1. The number of hydrogen-bond donors (Lipinski definition) is 1. The van der Waals surface area contributed by atoms with Gasteiger partial charge in [0.25, 0.3) is 5.56 Å². The fourth-order valence-electron chi connectivity index (χ4n) is 4.39. The van der Waals surface area contributed by atoms with Crippen molar-refractivity contribution in [2.45, 2.75) is 39.3 Å². The van der Waals surface area contributed by atoms with Gasteiger partial charge in [0.15, 0.2) is 0 Å². The van der Waals surface area contributed by atoms with Crippen molar-refractivity contribution in [1.82, 2.24) is 20.0 Å². The molecule has 5 rings (SSSR count). The van der Waals surface area contributed by atoms with E-state index < -0.39 is 0 Å². The highest BCUT2D eigenvalue weighted by Gasteiger charge is 2.22. The molecule has 0 radical (unpaired) electrons. The van der Waals surface area contributed by atoms with E-state index in [0.717, 1.165) is 70.9 Å². The molecule has 1 saturated heterocycles. The minimum Gasteiger partial charge on any atom is -0.490 e. The molecule has 1 aliphatic rings. The largest absolute Gasteiger partial charge is 0.490 e. The van der Waals surface area contributed by atoms with E-state index in [9.17, 15) is 4.79 Å². The van der Waals surface area contributed by atoms with Crippen molar-refractivity contribution in [2.75, 3.05) is 13.1 Å². The van der Waals surface area contributed by atoms with E-state index in [-0.39, 0.29) is 11.7 Å². The second-order valence-corrected chi connectivity index (χ2v) is 8.25. The lowest BCUT2D eigenvalue weighted by atomic mass is 10.00. The Hall–Kier alpha value is -3.45. The highest BCUT2D eigenvalue weighted by molar-refractivity contribution is 5.89. The Kier molecular flexibility index (Phi) is 5.49. The standard InChI is InChI=1S/C25H26N4O3/c1-16-25(17(2)32-28-16)21-13-18-6-7-24(30)29(15-19-5-3-4-10-27-19)22(18)14-23(21)31-20-8-11-26-12-9-20/h3-7,10,13-14,20,26H,8-9,11-12,15H2,1-2H3. The van der Waals surface area contributed by atoms with Crippen LogP contribution in [0.25, 0.3) is 22.0 Å². The van der Waals surface area contributed by atoms with Gasteiger partial charge in [0.1, 0.15) is 17.6 Å². The number of fused-ring (bicyclic) bond motifs is 1. The molecule has 0 aliphatic carbocycles. The predicted octanol–water partition coefficient (Wildman–Crippen LogP) is 3.85. The van der Waals surface area contributed by atoms with Crippen molar-refractivity contribution in [1.29, 1.82) is 0 Å². The first kappa shape index (κ1) is 20.5. The van der Waals surface area contributed by atoms with Crippen molar-refractivity contribution in [3.05, 3.63) is 76.2 Å². The fourth-order valence-corrected chi connectivity index (χ4v) is 4.39. The molecule has 0 spiro atoms. The molecule has 1 aromatic carbocycles. The third kappa shape index (κ3) is 3.91. The summed E-state index contributed by atoms with van der Waals surface area (Å²) in [4.78, 5) is 17.2. The molecule has 7 nitrogen and oxygen atoms in total. The number of pyridine rings is 2. The highest BCUT2D eigenvalue weighted by Crippen LogP contribution is 2.38. The Bertz CT molecular complexity index is 1280. The molecule has 0 saturated carbocycles. The normalized spacial score (nSPS) is 14.7. The Balaban J connectivity index is 1.68. The average Bonchev–Trinajstić information content (AvgIpc) is 3.15. The zero-order valence-corrected chi connectivity index (χ0v) is 18.3. The summed E-state index contributed by atoms with van der Waals surface area (Å²) >= 11 is 0. The van der Waals surface area contributed by atoms with Crippen molar-refractivity contribution < 1.29 is 9.26 Å². The maximum atomic E-state index is 12.8. The summed E-state index contributed by atoms with van der Waals surface area (Å²) < 4.78 is 13.7. The van der Waals surface area contributed by atoms with Gasteiger partial charge in [-0.15, -0.1) is 0 Å². The third-order valence-electron chi connectivity index (χ3n) is 6.02. The number of aryl methyl sites for hydroxylation is 2. The van der Waals surface area contributed by atoms with Crippen LogP contribution < -0.4 is 15.6 Å². The fraction of sp³-hybridized carbons (Fsp3) is 0.320. The molecule has 4 heterocycles. The maximum Gasteiger partial charge on any atom is 0.251 e. The van der Waals surface area contributed by atoms with E-state index in [2.05, 4.69) is 21.5 Å². The van der Waals surface area contributed by atoms with Crippen molar-refractivity contribution in [3.63, 3.8) is 0 Å². The van der Waals surface area contributed by atoms with Crippen LogP contribution in [0, 0.1) is 13.8 Å². The van der Waals surface area contributed by atoms with Gasteiger partial charge in [-0.1, -0.05) is 11.2 Å². The molecule has 164 valence electrons. The van der Waals surface area contributed by atoms with Crippen LogP contribution in [-0.4, -0.2) is 33.9 Å². The van der Waals surface area contributed by atoms with Crippen molar-refractivity contribution in [3.8, 4) is 16.9 Å². The summed E-state index contributed by atoms with van der Waals surface area (Å²) in [6.07, 6.45) is 3.74. The second kappa shape index (κ2) is 8.59. The van der Waals surface area contributed by atoms with Gasteiger partial charge < -0.3 is 19.1 Å². The first-order valence-electron chi connectivity index (χ1n) is 11.0. The second-order valence-electron chi connectivity index (χ2n) is 8.25. The molecule has 0 atom stereocenters. The Morgan fingerprint density at radius 3 is 2.72 bits per heavy atom.